The van der Waals surface area contributed by atoms with Crippen LogP contribution >= 0.6 is 0 Å². The van der Waals surface area contributed by atoms with Gasteiger partial charge in [-0.2, -0.15) is 0 Å². The third kappa shape index (κ3) is 3.19. The van der Waals surface area contributed by atoms with Crippen molar-refractivity contribution in [1.29, 1.82) is 0 Å². The van der Waals surface area contributed by atoms with E-state index in [9.17, 15) is 9.18 Å². The summed E-state index contributed by atoms with van der Waals surface area (Å²) in [5.74, 6) is -0.215. The Morgan fingerprint density at radius 2 is 1.74 bits per heavy atom. The van der Waals surface area contributed by atoms with Gasteiger partial charge in [-0.15, -0.1) is 0 Å². The van der Waals surface area contributed by atoms with E-state index in [4.69, 9.17) is 0 Å². The lowest BCUT2D eigenvalue weighted by Crippen LogP contribution is -2.26. The van der Waals surface area contributed by atoms with Crippen LogP contribution in [-0.4, -0.2) is 19.4 Å². The maximum Gasteiger partial charge on any atom is 0.182 e. The van der Waals surface area contributed by atoms with Crippen molar-refractivity contribution in [3.63, 3.8) is 0 Å². The van der Waals surface area contributed by atoms with Crippen molar-refractivity contribution in [1.82, 2.24) is 0 Å². The Bertz CT molecular complexity index is 578. The summed E-state index contributed by atoms with van der Waals surface area (Å²) in [7, 11) is 1.82. The van der Waals surface area contributed by atoms with Gasteiger partial charge in [0.15, 0.2) is 5.78 Å². The fourth-order valence-corrected chi connectivity index (χ4v) is 1.97. The van der Waals surface area contributed by atoms with Crippen LogP contribution in [-0.2, 0) is 0 Å². The van der Waals surface area contributed by atoms with Crippen LogP contribution in [0.15, 0.2) is 48.5 Å². The van der Waals surface area contributed by atoms with Crippen LogP contribution in [0.4, 0.5) is 10.1 Å². The molecular weight excluding hydrogens is 241 g/mol. The second-order valence-corrected chi connectivity index (χ2v) is 4.57. The van der Waals surface area contributed by atoms with E-state index in [0.29, 0.717) is 0 Å². The maximum atomic E-state index is 12.8. The first-order valence-corrected chi connectivity index (χ1v) is 6.13. The van der Waals surface area contributed by atoms with Gasteiger partial charge in [0.1, 0.15) is 5.82 Å². The Morgan fingerprint density at radius 3 is 2.37 bits per heavy atom. The van der Waals surface area contributed by atoms with E-state index in [1.807, 2.05) is 43.1 Å². The monoisotopic (exact) mass is 257 g/mol. The van der Waals surface area contributed by atoms with Gasteiger partial charge in [0, 0.05) is 18.3 Å². The van der Waals surface area contributed by atoms with Gasteiger partial charge >= 0.3 is 0 Å². The predicted molar refractivity (Wildman–Crippen MR) is 75.2 cm³/mol. The van der Waals surface area contributed by atoms with Crippen molar-refractivity contribution in [2.24, 2.45) is 0 Å². The van der Waals surface area contributed by atoms with E-state index in [2.05, 4.69) is 0 Å². The molecular formula is C16H16FNO. The number of ketones is 1. The third-order valence-electron chi connectivity index (χ3n) is 3.09. The van der Waals surface area contributed by atoms with Crippen LogP contribution < -0.4 is 4.90 Å². The van der Waals surface area contributed by atoms with E-state index < -0.39 is 0 Å². The number of aryl methyl sites for hydroxylation is 1. The van der Waals surface area contributed by atoms with E-state index in [1.165, 1.54) is 12.1 Å². The summed E-state index contributed by atoms with van der Waals surface area (Å²) in [5, 5.41) is 0. The summed E-state index contributed by atoms with van der Waals surface area (Å²) < 4.78 is 12.8. The summed E-state index contributed by atoms with van der Waals surface area (Å²) in [4.78, 5) is 14.0. The SMILES string of the molecule is Cc1ccccc1C(=O)CN(C)c1ccc(F)cc1. The summed E-state index contributed by atoms with van der Waals surface area (Å²) in [6, 6.07) is 13.6. The number of halogens is 1. The molecule has 3 heteroatoms. The highest BCUT2D eigenvalue weighted by atomic mass is 19.1. The highest BCUT2D eigenvalue weighted by molar-refractivity contribution is 6.00. The molecule has 2 rings (SSSR count). The molecule has 0 unspecified atom stereocenters. The van der Waals surface area contributed by atoms with Crippen LogP contribution in [0.3, 0.4) is 0 Å². The van der Waals surface area contributed by atoms with Gasteiger partial charge in [-0.1, -0.05) is 24.3 Å². The molecule has 0 spiro atoms. The molecule has 0 saturated heterocycles. The van der Waals surface area contributed by atoms with Gasteiger partial charge < -0.3 is 4.90 Å². The van der Waals surface area contributed by atoms with E-state index >= 15 is 0 Å². The number of nitrogens with zero attached hydrogens (tertiary/aromatic N) is 1. The van der Waals surface area contributed by atoms with E-state index in [1.54, 1.807) is 12.1 Å². The molecule has 0 saturated carbocycles. The Hall–Kier alpha value is -2.16. The number of anilines is 1. The third-order valence-corrected chi connectivity index (χ3v) is 3.09. The number of hydrogen-bond acceptors (Lipinski definition) is 2. The van der Waals surface area contributed by atoms with Crippen molar-refractivity contribution >= 4 is 11.5 Å². The number of Topliss-reactive ketones (excluding diaryl/α,β-unsaturated/α-hetero) is 1. The topological polar surface area (TPSA) is 20.3 Å². The fraction of sp³-hybridized carbons (Fsp3) is 0.188. The zero-order valence-electron chi connectivity index (χ0n) is 11.1. The van der Waals surface area contributed by atoms with Crippen LogP contribution in [0.2, 0.25) is 0 Å². The molecule has 2 aromatic carbocycles. The van der Waals surface area contributed by atoms with Crippen molar-refractivity contribution in [2.75, 3.05) is 18.5 Å². The van der Waals surface area contributed by atoms with Gasteiger partial charge in [0.05, 0.1) is 6.54 Å². The number of carbonyl (C=O) groups is 1. The molecule has 0 aliphatic heterocycles. The summed E-state index contributed by atoms with van der Waals surface area (Å²) in [5.41, 5.74) is 2.53. The first kappa shape index (κ1) is 13.3. The number of likely N-dealkylation sites (N-methyl/N-ethyl adjacent to an activating group) is 1. The zero-order valence-corrected chi connectivity index (χ0v) is 11.1. The Morgan fingerprint density at radius 1 is 1.11 bits per heavy atom. The second-order valence-electron chi connectivity index (χ2n) is 4.57. The molecule has 98 valence electrons. The fourth-order valence-electron chi connectivity index (χ4n) is 1.97. The Labute approximate surface area is 112 Å². The molecule has 0 fully saturated rings. The summed E-state index contributed by atoms with van der Waals surface area (Å²) >= 11 is 0. The molecule has 0 aliphatic rings. The van der Waals surface area contributed by atoms with E-state index in [0.717, 1.165) is 16.8 Å². The largest absolute Gasteiger partial charge is 0.367 e. The zero-order chi connectivity index (χ0) is 13.8. The minimum Gasteiger partial charge on any atom is -0.367 e. The minimum atomic E-state index is -0.276. The van der Waals surface area contributed by atoms with Gasteiger partial charge in [-0.05, 0) is 36.8 Å². The minimum absolute atomic E-state index is 0.0601. The van der Waals surface area contributed by atoms with Crippen LogP contribution in [0.1, 0.15) is 15.9 Å². The van der Waals surface area contributed by atoms with Crippen LogP contribution in [0.25, 0.3) is 0 Å². The molecule has 0 atom stereocenters. The Balaban J connectivity index is 2.11. The predicted octanol–water partition coefficient (Wildman–Crippen LogP) is 3.45. The first-order chi connectivity index (χ1) is 9.08. The smallest absolute Gasteiger partial charge is 0.182 e. The average molecular weight is 257 g/mol. The molecule has 2 aromatic rings. The average Bonchev–Trinajstić information content (AvgIpc) is 2.39. The molecule has 2 nitrogen and oxygen atoms in total. The highest BCUT2D eigenvalue weighted by Gasteiger charge is 2.11. The molecule has 0 amide bonds. The van der Waals surface area contributed by atoms with Crippen molar-refractivity contribution in [3.05, 3.63) is 65.5 Å². The molecule has 0 bridgehead atoms. The van der Waals surface area contributed by atoms with Crippen molar-refractivity contribution in [3.8, 4) is 0 Å². The molecule has 0 aromatic heterocycles. The second kappa shape index (κ2) is 5.65. The van der Waals surface area contributed by atoms with Crippen molar-refractivity contribution < 1.29 is 9.18 Å². The summed E-state index contributed by atoms with van der Waals surface area (Å²) in [6.07, 6.45) is 0. The van der Waals surface area contributed by atoms with Gasteiger partial charge in [0.2, 0.25) is 0 Å². The number of hydrogen-bond donors (Lipinski definition) is 0. The number of benzene rings is 2. The van der Waals surface area contributed by atoms with Crippen LogP contribution in [0, 0.1) is 12.7 Å². The van der Waals surface area contributed by atoms with Gasteiger partial charge in [0.25, 0.3) is 0 Å². The van der Waals surface area contributed by atoms with Crippen LogP contribution in [0.5, 0.6) is 0 Å². The Kier molecular flexibility index (Phi) is 3.95. The lowest BCUT2D eigenvalue weighted by atomic mass is 10.0. The number of rotatable bonds is 4. The van der Waals surface area contributed by atoms with Gasteiger partial charge in [-0.25, -0.2) is 4.39 Å². The van der Waals surface area contributed by atoms with Crippen molar-refractivity contribution in [2.45, 2.75) is 6.92 Å². The first-order valence-electron chi connectivity index (χ1n) is 6.13. The molecule has 0 heterocycles. The highest BCUT2D eigenvalue weighted by Crippen LogP contribution is 2.15. The standard InChI is InChI=1S/C16H16FNO/c1-12-5-3-4-6-15(12)16(19)11-18(2)14-9-7-13(17)8-10-14/h3-10H,11H2,1-2H3. The quantitative estimate of drug-likeness (QED) is 0.782. The molecule has 0 aliphatic carbocycles. The normalized spacial score (nSPS) is 10.3. The molecule has 0 N–H and O–H groups in total. The lowest BCUT2D eigenvalue weighted by Gasteiger charge is -2.18. The lowest BCUT2D eigenvalue weighted by molar-refractivity contribution is 0.1000. The maximum absolute atomic E-state index is 12.8. The van der Waals surface area contributed by atoms with Gasteiger partial charge in [-0.3, -0.25) is 4.79 Å². The summed E-state index contributed by atoms with van der Waals surface area (Å²) in [6.45, 7) is 2.20. The van der Waals surface area contributed by atoms with E-state index in [-0.39, 0.29) is 18.1 Å². The number of carbonyl (C=O) groups excluding carboxylic acids is 1. The molecule has 19 heavy (non-hydrogen) atoms. The molecule has 0 radical (unpaired) electrons.